The van der Waals surface area contributed by atoms with Gasteiger partial charge in [0.05, 0.1) is 5.56 Å². The second-order valence-corrected chi connectivity index (χ2v) is 10.4. The van der Waals surface area contributed by atoms with E-state index in [9.17, 15) is 13.2 Å². The molecule has 0 spiro atoms. The Balaban J connectivity index is 2.94. The predicted octanol–water partition coefficient (Wildman–Crippen LogP) is 4.13. The molecule has 0 nitrogen and oxygen atoms in total. The molecule has 0 radical (unpaired) electrons. The van der Waals surface area contributed by atoms with E-state index < -0.39 is 19.8 Å². The second-order valence-electron chi connectivity index (χ2n) is 4.94. The molecule has 0 unspecified atom stereocenters. The van der Waals surface area contributed by atoms with E-state index in [2.05, 4.69) is 19.6 Å². The molecule has 0 saturated carbocycles. The minimum Gasteiger partial charge on any atom is -0.166 e. The maximum absolute atomic E-state index is 12.4. The monoisotopic (exact) mass is 232 g/mol. The predicted molar refractivity (Wildman–Crippen MR) is 58.5 cm³/mol. The maximum atomic E-state index is 12.4. The molecule has 0 fully saturated rings. The Morgan fingerprint density at radius 3 is 2.20 bits per heavy atom. The van der Waals surface area contributed by atoms with Crippen LogP contribution in [0.5, 0.6) is 0 Å². The smallest absolute Gasteiger partial charge is 0.166 e. The van der Waals surface area contributed by atoms with Crippen molar-refractivity contribution in [3.8, 4) is 0 Å². The summed E-state index contributed by atoms with van der Waals surface area (Å²) in [6.07, 6.45) is -4.23. The standard InChI is InChI=1S/C11H15F3Si/c1-15(2,3)8-9-5-4-6-10(7-9)11(12,13)14/h4-7H,8H2,1-3H3. The molecule has 1 rings (SSSR count). The van der Waals surface area contributed by atoms with Crippen molar-refractivity contribution < 1.29 is 13.2 Å². The third-order valence-corrected chi connectivity index (χ3v) is 3.46. The number of alkyl halides is 3. The number of halogens is 3. The molecule has 0 heterocycles. The van der Waals surface area contributed by atoms with E-state index in [-0.39, 0.29) is 0 Å². The Kier molecular flexibility index (Phi) is 3.28. The fourth-order valence-electron chi connectivity index (χ4n) is 1.47. The topological polar surface area (TPSA) is 0 Å². The van der Waals surface area contributed by atoms with Gasteiger partial charge in [0, 0.05) is 8.07 Å². The summed E-state index contributed by atoms with van der Waals surface area (Å²) in [6.45, 7) is 6.44. The summed E-state index contributed by atoms with van der Waals surface area (Å²) in [5, 5.41) is 0. The van der Waals surface area contributed by atoms with E-state index in [0.29, 0.717) is 0 Å². The van der Waals surface area contributed by atoms with Gasteiger partial charge < -0.3 is 0 Å². The quantitative estimate of drug-likeness (QED) is 0.673. The van der Waals surface area contributed by atoms with Crippen LogP contribution in [0.3, 0.4) is 0 Å². The van der Waals surface area contributed by atoms with Gasteiger partial charge in [0.15, 0.2) is 0 Å². The lowest BCUT2D eigenvalue weighted by Gasteiger charge is -2.16. The highest BCUT2D eigenvalue weighted by Crippen LogP contribution is 2.30. The summed E-state index contributed by atoms with van der Waals surface area (Å²) in [6, 6.07) is 6.43. The van der Waals surface area contributed by atoms with Crippen LogP contribution in [0.25, 0.3) is 0 Å². The Morgan fingerprint density at radius 2 is 1.73 bits per heavy atom. The van der Waals surface area contributed by atoms with Crippen molar-refractivity contribution in [1.29, 1.82) is 0 Å². The third-order valence-electron chi connectivity index (χ3n) is 1.99. The first-order valence-corrected chi connectivity index (χ1v) is 8.55. The highest BCUT2D eigenvalue weighted by molar-refractivity contribution is 6.75. The van der Waals surface area contributed by atoms with Crippen molar-refractivity contribution in [1.82, 2.24) is 0 Å². The minimum atomic E-state index is -4.23. The highest BCUT2D eigenvalue weighted by atomic mass is 28.3. The van der Waals surface area contributed by atoms with E-state index in [1.807, 2.05) is 0 Å². The fraction of sp³-hybridized carbons (Fsp3) is 0.455. The van der Waals surface area contributed by atoms with E-state index >= 15 is 0 Å². The highest BCUT2D eigenvalue weighted by Gasteiger charge is 2.30. The zero-order valence-electron chi connectivity index (χ0n) is 9.15. The zero-order valence-corrected chi connectivity index (χ0v) is 10.2. The third kappa shape index (κ3) is 4.07. The van der Waals surface area contributed by atoms with Gasteiger partial charge in [-0.15, -0.1) is 0 Å². The van der Waals surface area contributed by atoms with Crippen molar-refractivity contribution in [2.24, 2.45) is 0 Å². The van der Waals surface area contributed by atoms with Crippen LogP contribution in [0.1, 0.15) is 11.1 Å². The van der Waals surface area contributed by atoms with Crippen molar-refractivity contribution in [3.63, 3.8) is 0 Å². The molecule has 0 aliphatic rings. The molecule has 0 saturated heterocycles. The van der Waals surface area contributed by atoms with Gasteiger partial charge in [-0.1, -0.05) is 43.4 Å². The van der Waals surface area contributed by atoms with Gasteiger partial charge in [0.1, 0.15) is 0 Å². The van der Waals surface area contributed by atoms with Gasteiger partial charge in [-0.05, 0) is 12.1 Å². The molecule has 15 heavy (non-hydrogen) atoms. The summed E-state index contributed by atoms with van der Waals surface area (Å²) in [4.78, 5) is 0. The van der Waals surface area contributed by atoms with E-state index in [1.54, 1.807) is 6.07 Å². The van der Waals surface area contributed by atoms with Crippen molar-refractivity contribution in [3.05, 3.63) is 35.4 Å². The SMILES string of the molecule is C[Si](C)(C)Cc1cccc(C(F)(F)F)c1. The van der Waals surface area contributed by atoms with Crippen LogP contribution in [-0.4, -0.2) is 8.07 Å². The number of rotatable bonds is 2. The molecule has 1 aromatic carbocycles. The number of hydrogen-bond donors (Lipinski definition) is 0. The fourth-order valence-corrected chi connectivity index (χ4v) is 2.91. The average molecular weight is 232 g/mol. The lowest BCUT2D eigenvalue weighted by atomic mass is 10.1. The lowest BCUT2D eigenvalue weighted by Crippen LogP contribution is -2.24. The molecular formula is C11H15F3Si. The van der Waals surface area contributed by atoms with Gasteiger partial charge >= 0.3 is 6.18 Å². The molecule has 0 amide bonds. The van der Waals surface area contributed by atoms with Gasteiger partial charge in [0.25, 0.3) is 0 Å². The van der Waals surface area contributed by atoms with E-state index in [1.165, 1.54) is 12.1 Å². The maximum Gasteiger partial charge on any atom is 0.416 e. The van der Waals surface area contributed by atoms with Crippen LogP contribution in [0.4, 0.5) is 13.2 Å². The number of benzene rings is 1. The van der Waals surface area contributed by atoms with Crippen LogP contribution in [0.15, 0.2) is 24.3 Å². The van der Waals surface area contributed by atoms with Crippen LogP contribution in [0, 0.1) is 0 Å². The number of hydrogen-bond acceptors (Lipinski definition) is 0. The van der Waals surface area contributed by atoms with Gasteiger partial charge in [-0.25, -0.2) is 0 Å². The largest absolute Gasteiger partial charge is 0.416 e. The Bertz CT molecular complexity index is 336. The van der Waals surface area contributed by atoms with E-state index in [4.69, 9.17) is 0 Å². The Hall–Kier alpha value is -0.773. The molecule has 0 atom stereocenters. The molecule has 0 bridgehead atoms. The summed E-state index contributed by atoms with van der Waals surface area (Å²) in [7, 11) is -1.35. The van der Waals surface area contributed by atoms with Crippen molar-refractivity contribution in [2.75, 3.05) is 0 Å². The van der Waals surface area contributed by atoms with Crippen LogP contribution in [0.2, 0.25) is 19.6 Å². The molecule has 1 aromatic rings. The summed E-state index contributed by atoms with van der Waals surface area (Å²) in [5.41, 5.74) is 0.252. The van der Waals surface area contributed by atoms with Crippen LogP contribution in [-0.2, 0) is 12.2 Å². The van der Waals surface area contributed by atoms with E-state index in [0.717, 1.165) is 17.7 Å². The molecule has 84 valence electrons. The lowest BCUT2D eigenvalue weighted by molar-refractivity contribution is -0.137. The first-order chi connectivity index (χ1) is 6.68. The Morgan fingerprint density at radius 1 is 1.13 bits per heavy atom. The van der Waals surface area contributed by atoms with Crippen LogP contribution < -0.4 is 0 Å². The van der Waals surface area contributed by atoms with Crippen molar-refractivity contribution in [2.45, 2.75) is 31.9 Å². The van der Waals surface area contributed by atoms with Gasteiger partial charge in [-0.3, -0.25) is 0 Å². The van der Waals surface area contributed by atoms with Gasteiger partial charge in [0.2, 0.25) is 0 Å². The summed E-state index contributed by atoms with van der Waals surface area (Å²) in [5.74, 6) is 0. The first kappa shape index (κ1) is 12.3. The normalized spacial score (nSPS) is 12.9. The first-order valence-electron chi connectivity index (χ1n) is 4.85. The minimum absolute atomic E-state index is 0.543. The summed E-state index contributed by atoms with van der Waals surface area (Å²) < 4.78 is 37.2. The van der Waals surface area contributed by atoms with Crippen molar-refractivity contribution >= 4 is 8.07 Å². The zero-order chi connectivity index (χ0) is 11.7. The molecule has 0 N–H and O–H groups in total. The molecule has 0 aliphatic heterocycles. The second kappa shape index (κ2) is 4.00. The van der Waals surface area contributed by atoms with Crippen LogP contribution >= 0.6 is 0 Å². The average Bonchev–Trinajstić information content (AvgIpc) is 1.99. The molecule has 0 aromatic heterocycles. The van der Waals surface area contributed by atoms with Gasteiger partial charge in [-0.2, -0.15) is 13.2 Å². The molecular weight excluding hydrogens is 217 g/mol. The molecule has 0 aliphatic carbocycles. The molecule has 4 heteroatoms. The summed E-state index contributed by atoms with van der Waals surface area (Å²) >= 11 is 0. The Labute approximate surface area is 89.1 Å².